The van der Waals surface area contributed by atoms with Gasteiger partial charge in [-0.25, -0.2) is 4.98 Å². The average Bonchev–Trinajstić information content (AvgIpc) is 3.14. The van der Waals surface area contributed by atoms with Gasteiger partial charge in [0.2, 0.25) is 0 Å². The van der Waals surface area contributed by atoms with Gasteiger partial charge in [0.05, 0.1) is 11.6 Å². The Morgan fingerprint density at radius 2 is 2.12 bits per heavy atom. The molecule has 26 heavy (non-hydrogen) atoms. The molecule has 1 aliphatic heterocycles. The lowest BCUT2D eigenvalue weighted by Gasteiger charge is -2.33. The molecule has 0 unspecified atom stereocenters. The zero-order chi connectivity index (χ0) is 18.5. The van der Waals surface area contributed by atoms with Gasteiger partial charge in [0.15, 0.2) is 0 Å². The minimum absolute atomic E-state index is 0.0330. The SMILES string of the molecule is CN(C)CCn1ccnc1[C@H]1CCCN(C(=O)c2ccc(C#N)cc2)C1. The normalized spacial score (nSPS) is 17.3. The van der Waals surface area contributed by atoms with Crippen LogP contribution in [0, 0.1) is 11.3 Å². The summed E-state index contributed by atoms with van der Waals surface area (Å²) in [6, 6.07) is 8.96. The molecule has 0 aliphatic carbocycles. The topological polar surface area (TPSA) is 65.2 Å². The monoisotopic (exact) mass is 351 g/mol. The van der Waals surface area contributed by atoms with Crippen molar-refractivity contribution in [2.24, 2.45) is 0 Å². The Kier molecular flexibility index (Phi) is 5.69. The van der Waals surface area contributed by atoms with E-state index in [1.165, 1.54) is 0 Å². The van der Waals surface area contributed by atoms with Gasteiger partial charge in [0, 0.05) is 50.1 Å². The highest BCUT2D eigenvalue weighted by Crippen LogP contribution is 2.27. The molecule has 1 aromatic carbocycles. The predicted molar refractivity (Wildman–Crippen MR) is 99.8 cm³/mol. The summed E-state index contributed by atoms with van der Waals surface area (Å²) in [6.45, 7) is 3.33. The first-order valence-corrected chi connectivity index (χ1v) is 9.03. The second-order valence-corrected chi connectivity index (χ2v) is 7.06. The van der Waals surface area contributed by atoms with Gasteiger partial charge in [0.1, 0.15) is 5.82 Å². The van der Waals surface area contributed by atoms with Crippen LogP contribution in [0.25, 0.3) is 0 Å². The lowest BCUT2D eigenvalue weighted by atomic mass is 9.96. The van der Waals surface area contributed by atoms with E-state index in [0.717, 1.165) is 38.3 Å². The lowest BCUT2D eigenvalue weighted by Crippen LogP contribution is -2.39. The van der Waals surface area contributed by atoms with Crippen molar-refractivity contribution in [3.8, 4) is 6.07 Å². The standard InChI is InChI=1S/C20H25N5O/c1-23(2)12-13-24-11-9-22-19(24)18-4-3-10-25(15-18)20(26)17-7-5-16(14-21)6-8-17/h5-9,11,18H,3-4,10,12-13,15H2,1-2H3/t18-/m0/s1. The summed E-state index contributed by atoms with van der Waals surface area (Å²) in [5, 5.41) is 8.90. The van der Waals surface area contributed by atoms with Gasteiger partial charge < -0.3 is 14.4 Å². The highest BCUT2D eigenvalue weighted by atomic mass is 16.2. The largest absolute Gasteiger partial charge is 0.338 e. The van der Waals surface area contributed by atoms with E-state index in [1.54, 1.807) is 24.3 Å². The number of imidazole rings is 1. The van der Waals surface area contributed by atoms with Crippen LogP contribution in [0.3, 0.4) is 0 Å². The number of benzene rings is 1. The summed E-state index contributed by atoms with van der Waals surface area (Å²) in [5.41, 5.74) is 1.21. The van der Waals surface area contributed by atoms with Crippen LogP contribution in [0.5, 0.6) is 0 Å². The number of likely N-dealkylation sites (tertiary alicyclic amines) is 1. The summed E-state index contributed by atoms with van der Waals surface area (Å²) in [4.78, 5) is 21.5. The van der Waals surface area contributed by atoms with E-state index in [4.69, 9.17) is 5.26 Å². The number of carbonyl (C=O) groups excluding carboxylic acids is 1. The molecular weight excluding hydrogens is 326 g/mol. The molecule has 6 nitrogen and oxygen atoms in total. The van der Waals surface area contributed by atoms with E-state index >= 15 is 0 Å². The molecule has 2 heterocycles. The summed E-state index contributed by atoms with van der Waals surface area (Å²) >= 11 is 0. The third kappa shape index (κ3) is 4.12. The lowest BCUT2D eigenvalue weighted by molar-refractivity contribution is 0.0703. The predicted octanol–water partition coefficient (Wildman–Crippen LogP) is 2.34. The van der Waals surface area contributed by atoms with Gasteiger partial charge in [0.25, 0.3) is 5.91 Å². The van der Waals surface area contributed by atoms with Crippen LogP contribution in [0.1, 0.15) is 40.5 Å². The van der Waals surface area contributed by atoms with Gasteiger partial charge in [-0.3, -0.25) is 4.79 Å². The number of hydrogen-bond donors (Lipinski definition) is 0. The Labute approximate surface area is 154 Å². The Hall–Kier alpha value is -2.65. The van der Waals surface area contributed by atoms with Crippen molar-refractivity contribution in [2.75, 3.05) is 33.7 Å². The average molecular weight is 351 g/mol. The molecule has 1 atom stereocenters. The van der Waals surface area contributed by atoms with Gasteiger partial charge in [-0.15, -0.1) is 0 Å². The number of nitriles is 1. The van der Waals surface area contributed by atoms with E-state index in [2.05, 4.69) is 34.6 Å². The van der Waals surface area contributed by atoms with Crippen LogP contribution in [0.4, 0.5) is 0 Å². The Morgan fingerprint density at radius 1 is 1.35 bits per heavy atom. The molecular formula is C20H25N5O. The summed E-state index contributed by atoms with van der Waals surface area (Å²) < 4.78 is 2.21. The minimum atomic E-state index is 0.0330. The number of carbonyl (C=O) groups is 1. The van der Waals surface area contributed by atoms with Crippen LogP contribution >= 0.6 is 0 Å². The van der Waals surface area contributed by atoms with Gasteiger partial charge in [-0.2, -0.15) is 5.26 Å². The van der Waals surface area contributed by atoms with Crippen molar-refractivity contribution in [2.45, 2.75) is 25.3 Å². The highest BCUT2D eigenvalue weighted by molar-refractivity contribution is 5.94. The van der Waals surface area contributed by atoms with E-state index in [0.29, 0.717) is 17.7 Å². The number of hydrogen-bond acceptors (Lipinski definition) is 4. The van der Waals surface area contributed by atoms with Crippen molar-refractivity contribution in [1.29, 1.82) is 5.26 Å². The molecule has 0 radical (unpaired) electrons. The zero-order valence-corrected chi connectivity index (χ0v) is 15.4. The Morgan fingerprint density at radius 3 is 2.81 bits per heavy atom. The smallest absolute Gasteiger partial charge is 0.253 e. The first kappa shape index (κ1) is 18.2. The fourth-order valence-corrected chi connectivity index (χ4v) is 3.42. The molecule has 2 aromatic rings. The Bertz CT molecular complexity index is 787. The van der Waals surface area contributed by atoms with Crippen molar-refractivity contribution in [1.82, 2.24) is 19.4 Å². The van der Waals surface area contributed by atoms with Crippen molar-refractivity contribution < 1.29 is 4.79 Å². The maximum Gasteiger partial charge on any atom is 0.253 e. The van der Waals surface area contributed by atoms with E-state index in [1.807, 2.05) is 17.3 Å². The summed E-state index contributed by atoms with van der Waals surface area (Å²) in [6.07, 6.45) is 5.91. The van der Waals surface area contributed by atoms with Crippen LogP contribution in [0.15, 0.2) is 36.7 Å². The van der Waals surface area contributed by atoms with Crippen molar-refractivity contribution in [3.63, 3.8) is 0 Å². The van der Waals surface area contributed by atoms with Crippen molar-refractivity contribution in [3.05, 3.63) is 53.6 Å². The Balaban J connectivity index is 1.70. The number of piperidine rings is 1. The molecule has 1 amide bonds. The van der Waals surface area contributed by atoms with Gasteiger partial charge in [-0.1, -0.05) is 0 Å². The number of rotatable bonds is 5. The summed E-state index contributed by atoms with van der Waals surface area (Å²) in [5.74, 6) is 1.37. The second-order valence-electron chi connectivity index (χ2n) is 7.06. The zero-order valence-electron chi connectivity index (χ0n) is 15.4. The third-order valence-electron chi connectivity index (χ3n) is 4.87. The molecule has 0 spiro atoms. The molecule has 1 fully saturated rings. The molecule has 6 heteroatoms. The number of likely N-dealkylation sites (N-methyl/N-ethyl adjacent to an activating group) is 1. The summed E-state index contributed by atoms with van der Waals surface area (Å²) in [7, 11) is 4.13. The first-order valence-electron chi connectivity index (χ1n) is 9.03. The molecule has 1 aliphatic rings. The third-order valence-corrected chi connectivity index (χ3v) is 4.87. The van der Waals surface area contributed by atoms with Gasteiger partial charge >= 0.3 is 0 Å². The molecule has 136 valence electrons. The molecule has 1 saturated heterocycles. The van der Waals surface area contributed by atoms with Crippen LogP contribution in [-0.4, -0.2) is 59.0 Å². The minimum Gasteiger partial charge on any atom is -0.338 e. The van der Waals surface area contributed by atoms with Gasteiger partial charge in [-0.05, 0) is 51.2 Å². The maximum absolute atomic E-state index is 12.8. The number of aromatic nitrogens is 2. The number of amides is 1. The fourth-order valence-electron chi connectivity index (χ4n) is 3.42. The van der Waals surface area contributed by atoms with Crippen molar-refractivity contribution >= 4 is 5.91 Å². The van der Waals surface area contributed by atoms with E-state index in [-0.39, 0.29) is 11.8 Å². The molecule has 1 aromatic heterocycles. The van der Waals surface area contributed by atoms with E-state index in [9.17, 15) is 4.79 Å². The highest BCUT2D eigenvalue weighted by Gasteiger charge is 2.28. The van der Waals surface area contributed by atoms with Crippen LogP contribution in [-0.2, 0) is 6.54 Å². The molecule has 3 rings (SSSR count). The van der Waals surface area contributed by atoms with E-state index < -0.39 is 0 Å². The first-order chi connectivity index (χ1) is 12.6. The quantitative estimate of drug-likeness (QED) is 0.829. The van der Waals surface area contributed by atoms with Crippen LogP contribution in [0.2, 0.25) is 0 Å². The molecule has 0 N–H and O–H groups in total. The maximum atomic E-state index is 12.8. The van der Waals surface area contributed by atoms with Crippen LogP contribution < -0.4 is 0 Å². The second kappa shape index (κ2) is 8.15. The molecule has 0 bridgehead atoms. The molecule has 0 saturated carbocycles. The number of nitrogens with zero attached hydrogens (tertiary/aromatic N) is 5. The fraction of sp³-hybridized carbons (Fsp3) is 0.450.